The molecule has 0 aliphatic rings. The molecule has 6 nitrogen and oxygen atoms in total. The van der Waals surface area contributed by atoms with Crippen LogP contribution in [0, 0.1) is 13.8 Å². The summed E-state index contributed by atoms with van der Waals surface area (Å²) in [4.78, 5) is 0.167. The zero-order valence-electron chi connectivity index (χ0n) is 15.2. The summed E-state index contributed by atoms with van der Waals surface area (Å²) < 4.78 is 38.5. The Kier molecular flexibility index (Phi) is 7.16. The molecule has 2 rings (SSSR count). The number of aryl methyl sites for hydroxylation is 2. The standard InChI is InChI=1S/C19H25NO5S/c1-14-4-6-16(7-5-14)19(25-11-10-21)13-20-26(22,23)17-8-9-18(24-3)15(2)12-17/h4-9,12,19-21H,10-11,13H2,1-3H3. The Morgan fingerprint density at radius 3 is 2.38 bits per heavy atom. The summed E-state index contributed by atoms with van der Waals surface area (Å²) in [5, 5.41) is 9.02. The zero-order valence-corrected chi connectivity index (χ0v) is 16.0. The lowest BCUT2D eigenvalue weighted by Crippen LogP contribution is -2.30. The van der Waals surface area contributed by atoms with Crippen molar-refractivity contribution in [3.8, 4) is 5.75 Å². The number of benzene rings is 2. The maximum atomic E-state index is 12.6. The molecule has 0 aromatic heterocycles. The van der Waals surface area contributed by atoms with Crippen LogP contribution in [0.4, 0.5) is 0 Å². The smallest absolute Gasteiger partial charge is 0.240 e. The number of hydrogen-bond acceptors (Lipinski definition) is 5. The monoisotopic (exact) mass is 379 g/mol. The summed E-state index contributed by atoms with van der Waals surface area (Å²) in [5.41, 5.74) is 2.68. The fourth-order valence-corrected chi connectivity index (χ4v) is 3.65. The van der Waals surface area contributed by atoms with Gasteiger partial charge in [0.05, 0.1) is 31.3 Å². The minimum Gasteiger partial charge on any atom is -0.496 e. The maximum absolute atomic E-state index is 12.6. The van der Waals surface area contributed by atoms with Gasteiger partial charge >= 0.3 is 0 Å². The van der Waals surface area contributed by atoms with Gasteiger partial charge < -0.3 is 14.6 Å². The van der Waals surface area contributed by atoms with E-state index in [9.17, 15) is 8.42 Å². The number of aliphatic hydroxyl groups is 1. The highest BCUT2D eigenvalue weighted by Gasteiger charge is 2.19. The third kappa shape index (κ3) is 5.28. The molecule has 7 heteroatoms. The minimum absolute atomic E-state index is 0.0659. The van der Waals surface area contributed by atoms with Crippen LogP contribution in [0.15, 0.2) is 47.4 Å². The predicted molar refractivity (Wildman–Crippen MR) is 99.9 cm³/mol. The van der Waals surface area contributed by atoms with Crippen molar-refractivity contribution < 1.29 is 23.0 Å². The average molecular weight is 379 g/mol. The lowest BCUT2D eigenvalue weighted by atomic mass is 10.1. The summed E-state index contributed by atoms with van der Waals surface area (Å²) in [5.74, 6) is 0.632. The Morgan fingerprint density at radius 2 is 1.81 bits per heavy atom. The van der Waals surface area contributed by atoms with Gasteiger partial charge in [-0.15, -0.1) is 0 Å². The molecule has 0 spiro atoms. The van der Waals surface area contributed by atoms with E-state index in [1.165, 1.54) is 6.07 Å². The first-order valence-electron chi connectivity index (χ1n) is 8.30. The second kappa shape index (κ2) is 9.14. The highest BCUT2D eigenvalue weighted by Crippen LogP contribution is 2.22. The maximum Gasteiger partial charge on any atom is 0.240 e. The van der Waals surface area contributed by atoms with Crippen LogP contribution < -0.4 is 9.46 Å². The first kappa shape index (κ1) is 20.4. The van der Waals surface area contributed by atoms with Crippen LogP contribution >= 0.6 is 0 Å². The van der Waals surface area contributed by atoms with Crippen LogP contribution in [0.2, 0.25) is 0 Å². The van der Waals surface area contributed by atoms with Gasteiger partial charge in [0.15, 0.2) is 0 Å². The fourth-order valence-electron chi connectivity index (χ4n) is 2.54. The molecule has 0 amide bonds. The normalized spacial score (nSPS) is 12.8. The SMILES string of the molecule is COc1ccc(S(=O)(=O)NCC(OCCO)c2ccc(C)cc2)cc1C. The van der Waals surface area contributed by atoms with Crippen molar-refractivity contribution in [2.45, 2.75) is 24.8 Å². The van der Waals surface area contributed by atoms with Gasteiger partial charge in [-0.2, -0.15) is 0 Å². The van der Waals surface area contributed by atoms with E-state index in [4.69, 9.17) is 14.6 Å². The molecule has 2 aromatic rings. The summed E-state index contributed by atoms with van der Waals surface area (Å²) in [6.07, 6.45) is -0.489. The van der Waals surface area contributed by atoms with Gasteiger partial charge in [-0.05, 0) is 43.2 Å². The van der Waals surface area contributed by atoms with E-state index in [0.29, 0.717) is 5.75 Å². The van der Waals surface area contributed by atoms with Crippen LogP contribution in [0.25, 0.3) is 0 Å². The molecule has 0 bridgehead atoms. The van der Waals surface area contributed by atoms with E-state index in [2.05, 4.69) is 4.72 Å². The second-order valence-electron chi connectivity index (χ2n) is 5.98. The summed E-state index contributed by atoms with van der Waals surface area (Å²) in [7, 11) is -2.15. The number of nitrogens with one attached hydrogen (secondary N) is 1. The third-order valence-corrected chi connectivity index (χ3v) is 5.42. The second-order valence-corrected chi connectivity index (χ2v) is 7.74. The number of ether oxygens (including phenoxy) is 2. The first-order chi connectivity index (χ1) is 12.4. The van der Waals surface area contributed by atoms with Crippen molar-refractivity contribution in [2.75, 3.05) is 26.9 Å². The van der Waals surface area contributed by atoms with E-state index in [-0.39, 0.29) is 24.7 Å². The lowest BCUT2D eigenvalue weighted by Gasteiger charge is -2.19. The van der Waals surface area contributed by atoms with Crippen LogP contribution in [-0.2, 0) is 14.8 Å². The van der Waals surface area contributed by atoms with Crippen LogP contribution in [-0.4, -0.2) is 40.4 Å². The lowest BCUT2D eigenvalue weighted by molar-refractivity contribution is 0.0309. The Labute approximate surface area is 154 Å². The van der Waals surface area contributed by atoms with E-state index in [0.717, 1.165) is 16.7 Å². The molecule has 0 saturated carbocycles. The van der Waals surface area contributed by atoms with Crippen molar-refractivity contribution >= 4 is 10.0 Å². The van der Waals surface area contributed by atoms with Crippen LogP contribution in [0.5, 0.6) is 5.75 Å². The Hall–Kier alpha value is -1.93. The third-order valence-electron chi connectivity index (χ3n) is 3.99. The molecule has 2 N–H and O–H groups in total. The van der Waals surface area contributed by atoms with Gasteiger partial charge in [-0.25, -0.2) is 13.1 Å². The summed E-state index contributed by atoms with van der Waals surface area (Å²) in [6, 6.07) is 12.4. The van der Waals surface area contributed by atoms with Crippen molar-refractivity contribution in [2.24, 2.45) is 0 Å². The predicted octanol–water partition coefficient (Wildman–Crippen LogP) is 2.34. The number of hydrogen-bond donors (Lipinski definition) is 2. The van der Waals surface area contributed by atoms with E-state index < -0.39 is 16.1 Å². The quantitative estimate of drug-likeness (QED) is 0.699. The Bertz CT molecular complexity index is 818. The molecule has 1 atom stereocenters. The summed E-state index contributed by atoms with van der Waals surface area (Å²) in [6.45, 7) is 3.82. The molecular formula is C19H25NO5S. The molecule has 1 unspecified atom stereocenters. The highest BCUT2D eigenvalue weighted by molar-refractivity contribution is 7.89. The van der Waals surface area contributed by atoms with Gasteiger partial charge in [0.2, 0.25) is 10.0 Å². The fraction of sp³-hybridized carbons (Fsp3) is 0.368. The average Bonchev–Trinajstić information content (AvgIpc) is 2.62. The molecule has 0 saturated heterocycles. The molecular weight excluding hydrogens is 354 g/mol. The van der Waals surface area contributed by atoms with Crippen molar-refractivity contribution in [1.29, 1.82) is 0 Å². The van der Waals surface area contributed by atoms with E-state index >= 15 is 0 Å². The number of methoxy groups -OCH3 is 1. The van der Waals surface area contributed by atoms with Gasteiger partial charge in [0.25, 0.3) is 0 Å². The molecule has 0 radical (unpaired) electrons. The van der Waals surface area contributed by atoms with Gasteiger partial charge in [-0.1, -0.05) is 29.8 Å². The largest absolute Gasteiger partial charge is 0.496 e. The van der Waals surface area contributed by atoms with Crippen LogP contribution in [0.1, 0.15) is 22.8 Å². The van der Waals surface area contributed by atoms with E-state index in [1.807, 2.05) is 31.2 Å². The molecule has 26 heavy (non-hydrogen) atoms. The Morgan fingerprint density at radius 1 is 1.12 bits per heavy atom. The van der Waals surface area contributed by atoms with Crippen molar-refractivity contribution in [3.63, 3.8) is 0 Å². The molecule has 2 aromatic carbocycles. The zero-order chi connectivity index (χ0) is 19.2. The number of rotatable bonds is 9. The molecule has 0 aliphatic carbocycles. The highest BCUT2D eigenvalue weighted by atomic mass is 32.2. The Balaban J connectivity index is 2.15. The molecule has 142 valence electrons. The first-order valence-corrected chi connectivity index (χ1v) is 9.79. The minimum atomic E-state index is -3.69. The molecule has 0 aliphatic heterocycles. The van der Waals surface area contributed by atoms with E-state index in [1.54, 1.807) is 26.2 Å². The van der Waals surface area contributed by atoms with Crippen LogP contribution in [0.3, 0.4) is 0 Å². The number of aliphatic hydroxyl groups excluding tert-OH is 1. The van der Waals surface area contributed by atoms with Gasteiger partial charge in [0.1, 0.15) is 5.75 Å². The molecule has 0 fully saturated rings. The topological polar surface area (TPSA) is 84.9 Å². The van der Waals surface area contributed by atoms with Crippen molar-refractivity contribution in [1.82, 2.24) is 4.72 Å². The number of sulfonamides is 1. The van der Waals surface area contributed by atoms with Crippen molar-refractivity contribution in [3.05, 3.63) is 59.2 Å². The van der Waals surface area contributed by atoms with Gasteiger partial charge in [-0.3, -0.25) is 0 Å². The van der Waals surface area contributed by atoms with Gasteiger partial charge in [0, 0.05) is 6.54 Å². The molecule has 0 heterocycles. The summed E-state index contributed by atoms with van der Waals surface area (Å²) >= 11 is 0.